The highest BCUT2D eigenvalue weighted by Crippen LogP contribution is 2.26. The van der Waals surface area contributed by atoms with E-state index in [-0.39, 0.29) is 24.8 Å². The largest absolute Gasteiger partial charge is 0.444 e. The summed E-state index contributed by atoms with van der Waals surface area (Å²) < 4.78 is 11.8. The third-order valence-electron chi connectivity index (χ3n) is 5.47. The SMILES string of the molecule is CC(C)(O)CO[C@@H]1CN(C(=O)OC(C)(C)C)C[C@H]1N(Cc1ccccc1)Cc1ccccc1. The van der Waals surface area contributed by atoms with E-state index in [0.717, 1.165) is 13.1 Å². The maximum Gasteiger partial charge on any atom is 0.410 e. The molecule has 33 heavy (non-hydrogen) atoms. The molecule has 1 N–H and O–H groups in total. The Kier molecular flexibility index (Phi) is 8.16. The first-order valence-corrected chi connectivity index (χ1v) is 11.6. The number of rotatable bonds is 8. The second kappa shape index (κ2) is 10.7. The summed E-state index contributed by atoms with van der Waals surface area (Å²) in [6.45, 7) is 11.7. The van der Waals surface area contributed by atoms with E-state index < -0.39 is 11.2 Å². The molecule has 0 spiro atoms. The fraction of sp³-hybridized carbons (Fsp3) is 0.519. The lowest BCUT2D eigenvalue weighted by Gasteiger charge is -2.33. The fourth-order valence-corrected chi connectivity index (χ4v) is 3.98. The van der Waals surface area contributed by atoms with Crippen LogP contribution >= 0.6 is 0 Å². The summed E-state index contributed by atoms with van der Waals surface area (Å²) in [7, 11) is 0. The lowest BCUT2D eigenvalue weighted by molar-refractivity contribution is -0.0692. The second-order valence-electron chi connectivity index (χ2n) is 10.5. The van der Waals surface area contributed by atoms with Crippen molar-refractivity contribution in [2.24, 2.45) is 0 Å². The van der Waals surface area contributed by atoms with Crippen molar-refractivity contribution in [3.05, 3.63) is 71.8 Å². The van der Waals surface area contributed by atoms with Gasteiger partial charge in [-0.15, -0.1) is 0 Å². The molecular formula is C27H38N2O4. The summed E-state index contributed by atoms with van der Waals surface area (Å²) in [5.74, 6) is 0. The van der Waals surface area contributed by atoms with Crippen LogP contribution in [0.1, 0.15) is 45.7 Å². The molecule has 180 valence electrons. The number of ether oxygens (including phenoxy) is 2. The van der Waals surface area contributed by atoms with E-state index in [2.05, 4.69) is 29.2 Å². The summed E-state index contributed by atoms with van der Waals surface area (Å²) in [6, 6.07) is 20.6. The van der Waals surface area contributed by atoms with Gasteiger partial charge in [-0.3, -0.25) is 4.90 Å². The molecule has 2 aromatic rings. The van der Waals surface area contributed by atoms with Gasteiger partial charge >= 0.3 is 6.09 Å². The van der Waals surface area contributed by atoms with Crippen molar-refractivity contribution in [2.45, 2.75) is 71.1 Å². The van der Waals surface area contributed by atoms with Crippen LogP contribution in [-0.4, -0.2) is 64.0 Å². The number of benzene rings is 2. The summed E-state index contributed by atoms with van der Waals surface area (Å²) in [5, 5.41) is 10.3. The van der Waals surface area contributed by atoms with Crippen LogP contribution in [0.25, 0.3) is 0 Å². The fourth-order valence-electron chi connectivity index (χ4n) is 3.98. The zero-order valence-corrected chi connectivity index (χ0v) is 20.5. The minimum Gasteiger partial charge on any atom is -0.444 e. The zero-order chi connectivity index (χ0) is 24.1. The van der Waals surface area contributed by atoms with Crippen LogP contribution in [0.15, 0.2) is 60.7 Å². The quantitative estimate of drug-likeness (QED) is 0.638. The highest BCUT2D eigenvalue weighted by molar-refractivity contribution is 5.68. The first kappa shape index (κ1) is 25.2. The average Bonchev–Trinajstić information content (AvgIpc) is 3.16. The van der Waals surface area contributed by atoms with Crippen LogP contribution in [0, 0.1) is 0 Å². The Morgan fingerprint density at radius 2 is 1.45 bits per heavy atom. The molecule has 1 heterocycles. The zero-order valence-electron chi connectivity index (χ0n) is 20.5. The Bertz CT molecular complexity index is 833. The number of hydrogen-bond acceptors (Lipinski definition) is 5. The van der Waals surface area contributed by atoms with Crippen molar-refractivity contribution in [3.8, 4) is 0 Å². The molecule has 1 amide bonds. The van der Waals surface area contributed by atoms with Gasteiger partial charge in [0.15, 0.2) is 0 Å². The van der Waals surface area contributed by atoms with Gasteiger partial charge in [-0.2, -0.15) is 0 Å². The van der Waals surface area contributed by atoms with Crippen LogP contribution < -0.4 is 0 Å². The normalized spacial score (nSPS) is 19.2. The number of carbonyl (C=O) groups is 1. The second-order valence-corrected chi connectivity index (χ2v) is 10.5. The molecule has 0 saturated carbocycles. The topological polar surface area (TPSA) is 62.2 Å². The summed E-state index contributed by atoms with van der Waals surface area (Å²) in [4.78, 5) is 17.0. The lowest BCUT2D eigenvalue weighted by Crippen LogP contribution is -2.45. The van der Waals surface area contributed by atoms with Crippen LogP contribution in [0.3, 0.4) is 0 Å². The Morgan fingerprint density at radius 1 is 0.939 bits per heavy atom. The van der Waals surface area contributed by atoms with Crippen LogP contribution in [0.2, 0.25) is 0 Å². The third-order valence-corrected chi connectivity index (χ3v) is 5.47. The molecule has 1 aliphatic rings. The Labute approximate surface area is 198 Å². The molecule has 2 atom stereocenters. The van der Waals surface area contributed by atoms with Gasteiger partial charge in [-0.05, 0) is 45.7 Å². The summed E-state index contributed by atoms with van der Waals surface area (Å²) in [5.41, 5.74) is 0.885. The first-order valence-electron chi connectivity index (χ1n) is 11.6. The van der Waals surface area contributed by atoms with Gasteiger partial charge in [0.2, 0.25) is 0 Å². The first-order chi connectivity index (χ1) is 15.5. The molecule has 1 fully saturated rings. The maximum absolute atomic E-state index is 12.9. The summed E-state index contributed by atoms with van der Waals surface area (Å²) >= 11 is 0. The molecule has 3 rings (SSSR count). The van der Waals surface area contributed by atoms with Gasteiger partial charge in [-0.25, -0.2) is 4.79 Å². The van der Waals surface area contributed by atoms with E-state index in [4.69, 9.17) is 9.47 Å². The molecule has 0 unspecified atom stereocenters. The van der Waals surface area contributed by atoms with Crippen molar-refractivity contribution in [1.29, 1.82) is 0 Å². The molecule has 0 aromatic heterocycles. The predicted octanol–water partition coefficient (Wildman–Crippen LogP) is 4.46. The number of hydrogen-bond donors (Lipinski definition) is 1. The number of nitrogens with zero attached hydrogens (tertiary/aromatic N) is 2. The Balaban J connectivity index is 1.85. The van der Waals surface area contributed by atoms with Crippen molar-refractivity contribution >= 4 is 6.09 Å². The van der Waals surface area contributed by atoms with Gasteiger partial charge in [0.1, 0.15) is 5.60 Å². The van der Waals surface area contributed by atoms with E-state index in [9.17, 15) is 9.90 Å². The van der Waals surface area contributed by atoms with Crippen molar-refractivity contribution in [1.82, 2.24) is 9.80 Å². The number of amides is 1. The molecule has 1 aliphatic heterocycles. The molecule has 1 saturated heterocycles. The van der Waals surface area contributed by atoms with E-state index in [1.807, 2.05) is 57.2 Å². The molecular weight excluding hydrogens is 416 g/mol. The maximum atomic E-state index is 12.9. The highest BCUT2D eigenvalue weighted by atomic mass is 16.6. The van der Waals surface area contributed by atoms with Crippen molar-refractivity contribution < 1.29 is 19.4 Å². The van der Waals surface area contributed by atoms with Gasteiger partial charge in [-0.1, -0.05) is 60.7 Å². The number of aliphatic hydroxyl groups is 1. The standard InChI is InChI=1S/C27H38N2O4/c1-26(2,3)33-25(30)29-18-23(24(19-29)32-20-27(4,5)31)28(16-21-12-8-6-9-13-21)17-22-14-10-7-11-15-22/h6-15,23-24,31H,16-20H2,1-5H3/t23-,24-/m1/s1. The minimum absolute atomic E-state index is 0.0414. The van der Waals surface area contributed by atoms with E-state index in [1.165, 1.54) is 11.1 Å². The number of carbonyl (C=O) groups excluding carboxylic acids is 1. The van der Waals surface area contributed by atoms with E-state index in [1.54, 1.807) is 18.7 Å². The predicted molar refractivity (Wildman–Crippen MR) is 130 cm³/mol. The van der Waals surface area contributed by atoms with E-state index >= 15 is 0 Å². The third kappa shape index (κ3) is 8.14. The molecule has 0 radical (unpaired) electrons. The van der Waals surface area contributed by atoms with Gasteiger partial charge < -0.3 is 19.5 Å². The minimum atomic E-state index is -0.951. The van der Waals surface area contributed by atoms with Gasteiger partial charge in [0.05, 0.1) is 30.9 Å². The molecule has 2 aromatic carbocycles. The smallest absolute Gasteiger partial charge is 0.410 e. The molecule has 6 heteroatoms. The highest BCUT2D eigenvalue weighted by Gasteiger charge is 2.41. The monoisotopic (exact) mass is 454 g/mol. The molecule has 0 aliphatic carbocycles. The lowest BCUT2D eigenvalue weighted by atomic mass is 10.1. The van der Waals surface area contributed by atoms with Crippen molar-refractivity contribution in [3.63, 3.8) is 0 Å². The Hall–Kier alpha value is -2.41. The summed E-state index contributed by atoms with van der Waals surface area (Å²) in [6.07, 6.45) is -0.572. The Morgan fingerprint density at radius 3 is 1.91 bits per heavy atom. The number of likely N-dealkylation sites (tertiary alicyclic amines) is 1. The molecule has 6 nitrogen and oxygen atoms in total. The van der Waals surface area contributed by atoms with Crippen LogP contribution in [0.4, 0.5) is 4.79 Å². The van der Waals surface area contributed by atoms with Crippen LogP contribution in [0.5, 0.6) is 0 Å². The van der Waals surface area contributed by atoms with Gasteiger partial charge in [0.25, 0.3) is 0 Å². The van der Waals surface area contributed by atoms with Gasteiger partial charge in [0, 0.05) is 19.6 Å². The van der Waals surface area contributed by atoms with Crippen LogP contribution in [-0.2, 0) is 22.6 Å². The van der Waals surface area contributed by atoms with E-state index in [0.29, 0.717) is 13.1 Å². The van der Waals surface area contributed by atoms with Crippen molar-refractivity contribution in [2.75, 3.05) is 19.7 Å². The average molecular weight is 455 g/mol. The molecule has 0 bridgehead atoms.